The van der Waals surface area contributed by atoms with E-state index in [2.05, 4.69) is 10.6 Å². The Morgan fingerprint density at radius 3 is 2.41 bits per heavy atom. The van der Waals surface area contributed by atoms with Crippen LogP contribution in [-0.4, -0.2) is 41.7 Å². The largest absolute Gasteiger partial charge is 0.463 e. The number of carbonyl (C=O) groups is 3. The lowest BCUT2D eigenvalue weighted by Crippen LogP contribution is -2.47. The van der Waals surface area contributed by atoms with E-state index in [1.54, 1.807) is 38.1 Å². The molecule has 3 rings (SSSR count). The SMILES string of the molecule is CCOC(=O)C1=C(C)N(CC)C(=O)NC1c1ccc(NC(=O)CSc2ccccc2)cc1. The van der Waals surface area contributed by atoms with Crippen molar-refractivity contribution in [3.05, 3.63) is 71.4 Å². The van der Waals surface area contributed by atoms with Gasteiger partial charge in [-0.25, -0.2) is 9.59 Å². The maximum Gasteiger partial charge on any atom is 0.338 e. The minimum atomic E-state index is -0.622. The number of esters is 1. The van der Waals surface area contributed by atoms with Crippen molar-refractivity contribution in [2.45, 2.75) is 31.7 Å². The third-order valence-corrected chi connectivity index (χ3v) is 6.06. The lowest BCUT2D eigenvalue weighted by molar-refractivity contribution is -0.139. The van der Waals surface area contributed by atoms with Crippen LogP contribution < -0.4 is 10.6 Å². The Kier molecular flexibility index (Phi) is 7.94. The van der Waals surface area contributed by atoms with Crippen LogP contribution in [0.25, 0.3) is 0 Å². The smallest absolute Gasteiger partial charge is 0.338 e. The number of hydrogen-bond donors (Lipinski definition) is 2. The summed E-state index contributed by atoms with van der Waals surface area (Å²) >= 11 is 1.46. The number of thioether (sulfide) groups is 1. The van der Waals surface area contributed by atoms with Crippen molar-refractivity contribution in [1.29, 1.82) is 0 Å². The molecule has 2 aromatic rings. The van der Waals surface area contributed by atoms with Crippen molar-refractivity contribution in [3.8, 4) is 0 Å². The monoisotopic (exact) mass is 453 g/mol. The van der Waals surface area contributed by atoms with Gasteiger partial charge in [0.25, 0.3) is 0 Å². The van der Waals surface area contributed by atoms with Gasteiger partial charge in [0.15, 0.2) is 0 Å². The zero-order valence-corrected chi connectivity index (χ0v) is 19.2. The van der Waals surface area contributed by atoms with Crippen LogP contribution in [0.15, 0.2) is 70.8 Å². The van der Waals surface area contributed by atoms with Crippen molar-refractivity contribution < 1.29 is 19.1 Å². The highest BCUT2D eigenvalue weighted by Crippen LogP contribution is 2.31. The van der Waals surface area contributed by atoms with Crippen LogP contribution >= 0.6 is 11.8 Å². The molecule has 2 N–H and O–H groups in total. The van der Waals surface area contributed by atoms with Gasteiger partial charge in [0.2, 0.25) is 5.91 Å². The summed E-state index contributed by atoms with van der Waals surface area (Å²) in [6.45, 7) is 6.03. The van der Waals surface area contributed by atoms with Gasteiger partial charge >= 0.3 is 12.0 Å². The fraction of sp³-hybridized carbons (Fsp3) is 0.292. The molecule has 8 heteroatoms. The Morgan fingerprint density at radius 1 is 1.09 bits per heavy atom. The fourth-order valence-corrected chi connectivity index (χ4v) is 4.23. The number of rotatable bonds is 8. The zero-order chi connectivity index (χ0) is 23.1. The molecule has 2 aromatic carbocycles. The Balaban J connectivity index is 1.73. The molecule has 7 nitrogen and oxygen atoms in total. The molecule has 3 amide bonds. The van der Waals surface area contributed by atoms with Crippen LogP contribution in [0, 0.1) is 0 Å². The van der Waals surface area contributed by atoms with Gasteiger partial charge in [0, 0.05) is 22.8 Å². The van der Waals surface area contributed by atoms with Gasteiger partial charge in [-0.1, -0.05) is 30.3 Å². The minimum absolute atomic E-state index is 0.112. The summed E-state index contributed by atoms with van der Waals surface area (Å²) in [7, 11) is 0. The second-order valence-corrected chi connectivity index (χ2v) is 8.17. The first kappa shape index (κ1) is 23.4. The summed E-state index contributed by atoms with van der Waals surface area (Å²) in [4.78, 5) is 40.0. The molecule has 0 saturated heterocycles. The van der Waals surface area contributed by atoms with E-state index >= 15 is 0 Å². The molecule has 0 fully saturated rings. The number of allylic oxidation sites excluding steroid dienone is 1. The van der Waals surface area contributed by atoms with Crippen LogP contribution in [0.4, 0.5) is 10.5 Å². The molecule has 0 spiro atoms. The lowest BCUT2D eigenvalue weighted by atomic mass is 9.94. The molecule has 1 unspecified atom stereocenters. The molecule has 0 aromatic heterocycles. The van der Waals surface area contributed by atoms with E-state index in [0.29, 0.717) is 29.3 Å². The van der Waals surface area contributed by atoms with Gasteiger partial charge < -0.3 is 15.4 Å². The van der Waals surface area contributed by atoms with Crippen molar-refractivity contribution in [2.24, 2.45) is 0 Å². The van der Waals surface area contributed by atoms with Crippen LogP contribution in [0.1, 0.15) is 32.4 Å². The Morgan fingerprint density at radius 2 is 1.78 bits per heavy atom. The fourth-order valence-electron chi connectivity index (χ4n) is 3.51. The molecule has 0 saturated carbocycles. The predicted molar refractivity (Wildman–Crippen MR) is 125 cm³/mol. The van der Waals surface area contributed by atoms with Crippen molar-refractivity contribution in [2.75, 3.05) is 24.2 Å². The maximum atomic E-state index is 12.6. The Bertz CT molecular complexity index is 1010. The third kappa shape index (κ3) is 5.50. The summed E-state index contributed by atoms with van der Waals surface area (Å²) in [5.74, 6) is -0.269. The highest BCUT2D eigenvalue weighted by molar-refractivity contribution is 8.00. The first-order valence-corrected chi connectivity index (χ1v) is 11.5. The molecular weight excluding hydrogens is 426 g/mol. The summed E-state index contributed by atoms with van der Waals surface area (Å²) < 4.78 is 5.24. The summed E-state index contributed by atoms with van der Waals surface area (Å²) in [5.41, 5.74) is 2.36. The highest BCUT2D eigenvalue weighted by Gasteiger charge is 2.35. The van der Waals surface area contributed by atoms with Crippen molar-refractivity contribution in [1.82, 2.24) is 10.2 Å². The first-order chi connectivity index (χ1) is 15.4. The van der Waals surface area contributed by atoms with E-state index < -0.39 is 12.0 Å². The molecule has 0 radical (unpaired) electrons. The van der Waals surface area contributed by atoms with Crippen LogP contribution in [0.3, 0.4) is 0 Å². The number of carbonyl (C=O) groups excluding carboxylic acids is 3. The normalized spacial score (nSPS) is 15.9. The van der Waals surface area contributed by atoms with Crippen molar-refractivity contribution in [3.63, 3.8) is 0 Å². The Hall–Kier alpha value is -3.26. The molecule has 1 heterocycles. The number of nitrogens with zero attached hydrogens (tertiary/aromatic N) is 1. The number of ether oxygens (including phenoxy) is 1. The van der Waals surface area contributed by atoms with Gasteiger partial charge in [-0.05, 0) is 50.6 Å². The quantitative estimate of drug-likeness (QED) is 0.459. The van der Waals surface area contributed by atoms with E-state index in [1.165, 1.54) is 16.7 Å². The van der Waals surface area contributed by atoms with Gasteiger partial charge in [0.05, 0.1) is 24.0 Å². The van der Waals surface area contributed by atoms with E-state index in [9.17, 15) is 14.4 Å². The molecule has 168 valence electrons. The molecular formula is C24H27N3O4S. The summed E-state index contributed by atoms with van der Waals surface area (Å²) in [6.07, 6.45) is 0. The first-order valence-electron chi connectivity index (χ1n) is 10.5. The highest BCUT2D eigenvalue weighted by atomic mass is 32.2. The minimum Gasteiger partial charge on any atom is -0.463 e. The van der Waals surface area contributed by atoms with Crippen molar-refractivity contribution >= 4 is 35.4 Å². The summed E-state index contributed by atoms with van der Waals surface area (Å²) in [6, 6.07) is 15.9. The molecule has 32 heavy (non-hydrogen) atoms. The molecule has 0 bridgehead atoms. The third-order valence-electron chi connectivity index (χ3n) is 5.05. The van der Waals surface area contributed by atoms with E-state index in [0.717, 1.165) is 10.5 Å². The number of hydrogen-bond acceptors (Lipinski definition) is 5. The average molecular weight is 454 g/mol. The molecule has 1 atom stereocenters. The average Bonchev–Trinajstić information content (AvgIpc) is 2.79. The predicted octanol–water partition coefficient (Wildman–Crippen LogP) is 4.34. The van der Waals surface area contributed by atoms with Crippen LogP contribution in [0.5, 0.6) is 0 Å². The molecule has 1 aliphatic heterocycles. The second-order valence-electron chi connectivity index (χ2n) is 7.12. The molecule has 0 aliphatic carbocycles. The summed E-state index contributed by atoms with van der Waals surface area (Å²) in [5, 5.41) is 5.76. The van der Waals surface area contributed by atoms with Gasteiger partial charge in [-0.3, -0.25) is 9.69 Å². The number of anilines is 1. The van der Waals surface area contributed by atoms with Gasteiger partial charge in [0.1, 0.15) is 0 Å². The Labute approximate surface area is 192 Å². The number of nitrogens with one attached hydrogen (secondary N) is 2. The number of amides is 3. The van der Waals surface area contributed by atoms with E-state index in [1.807, 2.05) is 37.3 Å². The number of urea groups is 1. The second kappa shape index (κ2) is 10.9. The number of benzene rings is 2. The topological polar surface area (TPSA) is 87.7 Å². The lowest BCUT2D eigenvalue weighted by Gasteiger charge is -2.34. The van der Waals surface area contributed by atoms with Gasteiger partial charge in [-0.2, -0.15) is 0 Å². The maximum absolute atomic E-state index is 12.6. The van der Waals surface area contributed by atoms with Crippen LogP contribution in [0.2, 0.25) is 0 Å². The van der Waals surface area contributed by atoms with Crippen LogP contribution in [-0.2, 0) is 14.3 Å². The zero-order valence-electron chi connectivity index (χ0n) is 18.4. The van der Waals surface area contributed by atoms with E-state index in [-0.39, 0.29) is 18.5 Å². The van der Waals surface area contributed by atoms with E-state index in [4.69, 9.17) is 4.74 Å². The standard InChI is InChI=1S/C24H27N3O4S/c1-4-27-16(3)21(23(29)31-5-2)22(26-24(27)30)17-11-13-18(14-12-17)25-20(28)15-32-19-9-7-6-8-10-19/h6-14,22H,4-5,15H2,1-3H3,(H,25,28)(H,26,30). The molecule has 1 aliphatic rings. The van der Waals surface area contributed by atoms with Gasteiger partial charge in [-0.15, -0.1) is 11.8 Å².